The van der Waals surface area contributed by atoms with Gasteiger partial charge in [0.25, 0.3) is 5.92 Å². The van der Waals surface area contributed by atoms with E-state index in [-0.39, 0.29) is 6.42 Å². The van der Waals surface area contributed by atoms with Crippen molar-refractivity contribution in [3.05, 3.63) is 0 Å². The molecule has 1 aliphatic carbocycles. The molecule has 0 amide bonds. The van der Waals surface area contributed by atoms with E-state index in [1.807, 2.05) is 0 Å². The van der Waals surface area contributed by atoms with Gasteiger partial charge >= 0.3 is 5.97 Å². The first-order valence-electron chi connectivity index (χ1n) is 5.08. The first kappa shape index (κ1) is 10.8. The topological polar surface area (TPSA) is 38.3 Å². The standard InChI is InChI=1S/C10H15F2NO2/c1-9(2,3)15-8(14)6-4-5-7(13-6)10(5,11)12/h5-7,13H,4H2,1-3H3/t5-,6-,7+/m0/s1. The highest BCUT2D eigenvalue weighted by Gasteiger charge is 2.73. The maximum Gasteiger partial charge on any atom is 0.323 e. The highest BCUT2D eigenvalue weighted by atomic mass is 19.3. The number of alkyl halides is 2. The zero-order chi connectivity index (χ0) is 11.4. The van der Waals surface area contributed by atoms with Crippen LogP contribution < -0.4 is 5.32 Å². The van der Waals surface area contributed by atoms with Crippen molar-refractivity contribution < 1.29 is 18.3 Å². The number of nitrogens with one attached hydrogen (secondary N) is 1. The average Bonchev–Trinajstić information content (AvgIpc) is 2.47. The lowest BCUT2D eigenvalue weighted by Crippen LogP contribution is -2.41. The summed E-state index contributed by atoms with van der Waals surface area (Å²) >= 11 is 0. The number of carbonyl (C=O) groups is 1. The lowest BCUT2D eigenvalue weighted by molar-refractivity contribution is -0.157. The van der Waals surface area contributed by atoms with Crippen LogP contribution in [0, 0.1) is 5.92 Å². The molecular formula is C10H15F2NO2. The molecule has 1 saturated heterocycles. The zero-order valence-corrected chi connectivity index (χ0v) is 9.01. The number of halogens is 2. The number of hydrogen-bond acceptors (Lipinski definition) is 3. The Morgan fingerprint density at radius 1 is 1.47 bits per heavy atom. The second-order valence-electron chi connectivity index (χ2n) is 5.25. The molecule has 2 rings (SSSR count). The largest absolute Gasteiger partial charge is 0.459 e. The van der Waals surface area contributed by atoms with Gasteiger partial charge in [0.15, 0.2) is 0 Å². The number of hydrogen-bond donors (Lipinski definition) is 1. The van der Waals surface area contributed by atoms with Gasteiger partial charge < -0.3 is 4.74 Å². The molecule has 3 atom stereocenters. The van der Waals surface area contributed by atoms with Gasteiger partial charge in [0.2, 0.25) is 0 Å². The molecule has 0 spiro atoms. The second kappa shape index (κ2) is 2.90. The molecule has 0 aromatic rings. The summed E-state index contributed by atoms with van der Waals surface area (Å²) < 4.78 is 30.7. The van der Waals surface area contributed by atoms with Crippen LogP contribution in [-0.2, 0) is 9.53 Å². The van der Waals surface area contributed by atoms with Crippen LogP contribution in [0.1, 0.15) is 27.2 Å². The average molecular weight is 219 g/mol. The van der Waals surface area contributed by atoms with Gasteiger partial charge in [-0.1, -0.05) is 0 Å². The van der Waals surface area contributed by atoms with Crippen LogP contribution in [0.3, 0.4) is 0 Å². The van der Waals surface area contributed by atoms with E-state index in [0.717, 1.165) is 0 Å². The summed E-state index contributed by atoms with van der Waals surface area (Å²) in [7, 11) is 0. The molecule has 0 unspecified atom stereocenters. The Balaban J connectivity index is 1.87. The summed E-state index contributed by atoms with van der Waals surface area (Å²) in [5.41, 5.74) is -0.561. The SMILES string of the molecule is CC(C)(C)OC(=O)[C@@H]1C[C@H]2[C@@H](N1)C2(F)F. The van der Waals surface area contributed by atoms with E-state index in [2.05, 4.69) is 5.32 Å². The highest BCUT2D eigenvalue weighted by Crippen LogP contribution is 2.55. The van der Waals surface area contributed by atoms with Gasteiger partial charge in [-0.3, -0.25) is 10.1 Å². The van der Waals surface area contributed by atoms with E-state index in [1.165, 1.54) is 0 Å². The van der Waals surface area contributed by atoms with E-state index in [4.69, 9.17) is 4.74 Å². The summed E-state index contributed by atoms with van der Waals surface area (Å²) in [5.74, 6) is -3.71. The summed E-state index contributed by atoms with van der Waals surface area (Å²) in [5, 5.41) is 2.62. The number of rotatable bonds is 1. The van der Waals surface area contributed by atoms with Gasteiger partial charge in [-0.25, -0.2) is 8.78 Å². The molecule has 1 aliphatic heterocycles. The molecule has 0 aromatic heterocycles. The number of ether oxygens (including phenoxy) is 1. The van der Waals surface area contributed by atoms with Gasteiger partial charge in [0.1, 0.15) is 11.6 Å². The van der Waals surface area contributed by atoms with Crippen LogP contribution in [-0.4, -0.2) is 29.6 Å². The Hall–Kier alpha value is -0.710. The molecule has 1 saturated carbocycles. The summed E-state index contributed by atoms with van der Waals surface area (Å²) in [6.07, 6.45) is 0.187. The fourth-order valence-corrected chi connectivity index (χ4v) is 1.99. The normalized spacial score (nSPS) is 37.3. The first-order chi connectivity index (χ1) is 6.72. The molecule has 1 N–H and O–H groups in total. The maximum atomic E-state index is 12.8. The number of carbonyl (C=O) groups excluding carboxylic acids is 1. The van der Waals surface area contributed by atoms with E-state index >= 15 is 0 Å². The van der Waals surface area contributed by atoms with Gasteiger partial charge in [0.05, 0.1) is 6.04 Å². The quantitative estimate of drug-likeness (QED) is 0.676. The van der Waals surface area contributed by atoms with Gasteiger partial charge in [-0.15, -0.1) is 0 Å². The van der Waals surface area contributed by atoms with E-state index in [9.17, 15) is 13.6 Å². The molecule has 3 nitrogen and oxygen atoms in total. The molecule has 15 heavy (non-hydrogen) atoms. The molecule has 2 fully saturated rings. The maximum absolute atomic E-state index is 12.8. The lowest BCUT2D eigenvalue weighted by atomic mass is 10.1. The Labute approximate surface area is 87.2 Å². The Morgan fingerprint density at radius 3 is 2.47 bits per heavy atom. The van der Waals surface area contributed by atoms with E-state index in [0.29, 0.717) is 0 Å². The Kier molecular flexibility index (Phi) is 2.09. The van der Waals surface area contributed by atoms with Crippen LogP contribution in [0.4, 0.5) is 8.78 Å². The third-order valence-corrected chi connectivity index (χ3v) is 2.76. The van der Waals surface area contributed by atoms with Crippen molar-refractivity contribution in [2.75, 3.05) is 0 Å². The number of fused-ring (bicyclic) bond motifs is 1. The van der Waals surface area contributed by atoms with Crippen molar-refractivity contribution in [2.24, 2.45) is 5.92 Å². The fourth-order valence-electron chi connectivity index (χ4n) is 1.99. The van der Waals surface area contributed by atoms with E-state index in [1.54, 1.807) is 20.8 Å². The molecule has 2 aliphatic rings. The number of piperidine rings is 1. The minimum atomic E-state index is -2.61. The smallest absolute Gasteiger partial charge is 0.323 e. The van der Waals surface area contributed by atoms with Crippen molar-refractivity contribution in [3.63, 3.8) is 0 Å². The van der Waals surface area contributed by atoms with Crippen LogP contribution >= 0.6 is 0 Å². The fraction of sp³-hybridized carbons (Fsp3) is 0.900. The Morgan fingerprint density at radius 2 is 2.07 bits per heavy atom. The summed E-state index contributed by atoms with van der Waals surface area (Å²) in [6, 6.07) is -1.37. The second-order valence-corrected chi connectivity index (χ2v) is 5.25. The lowest BCUT2D eigenvalue weighted by Gasteiger charge is -2.23. The molecule has 86 valence electrons. The monoisotopic (exact) mass is 219 g/mol. The minimum absolute atomic E-state index is 0.187. The van der Waals surface area contributed by atoms with Crippen molar-refractivity contribution in [3.8, 4) is 0 Å². The van der Waals surface area contributed by atoms with Gasteiger partial charge in [0, 0.05) is 5.92 Å². The minimum Gasteiger partial charge on any atom is -0.459 e. The molecular weight excluding hydrogens is 204 g/mol. The van der Waals surface area contributed by atoms with Crippen molar-refractivity contribution in [2.45, 2.75) is 50.8 Å². The predicted molar refractivity (Wildman–Crippen MR) is 49.6 cm³/mol. The third-order valence-electron chi connectivity index (χ3n) is 2.76. The molecule has 0 radical (unpaired) electrons. The molecule has 1 heterocycles. The highest BCUT2D eigenvalue weighted by molar-refractivity contribution is 5.77. The molecule has 5 heteroatoms. The van der Waals surface area contributed by atoms with E-state index < -0.39 is 35.5 Å². The number of esters is 1. The molecule has 0 bridgehead atoms. The van der Waals surface area contributed by atoms with Crippen LogP contribution in [0.5, 0.6) is 0 Å². The summed E-state index contributed by atoms with van der Waals surface area (Å²) in [6.45, 7) is 5.28. The predicted octanol–water partition coefficient (Wildman–Crippen LogP) is 1.32. The van der Waals surface area contributed by atoms with Gasteiger partial charge in [-0.05, 0) is 27.2 Å². The van der Waals surface area contributed by atoms with Crippen molar-refractivity contribution >= 4 is 5.97 Å². The van der Waals surface area contributed by atoms with Gasteiger partial charge in [-0.2, -0.15) is 0 Å². The molecule has 0 aromatic carbocycles. The Bertz CT molecular complexity index is 284. The van der Waals surface area contributed by atoms with Crippen LogP contribution in [0.2, 0.25) is 0 Å². The zero-order valence-electron chi connectivity index (χ0n) is 9.01. The van der Waals surface area contributed by atoms with Crippen molar-refractivity contribution in [1.82, 2.24) is 5.32 Å². The van der Waals surface area contributed by atoms with Crippen LogP contribution in [0.25, 0.3) is 0 Å². The van der Waals surface area contributed by atoms with Crippen LogP contribution in [0.15, 0.2) is 0 Å². The third kappa shape index (κ3) is 1.85. The first-order valence-corrected chi connectivity index (χ1v) is 5.08. The van der Waals surface area contributed by atoms with Crippen molar-refractivity contribution in [1.29, 1.82) is 0 Å². The summed E-state index contributed by atoms with van der Waals surface area (Å²) in [4.78, 5) is 11.5.